The van der Waals surface area contributed by atoms with Gasteiger partial charge in [0.15, 0.2) is 0 Å². The monoisotopic (exact) mass is 274 g/mol. The fourth-order valence-electron chi connectivity index (χ4n) is 3.61. The lowest BCUT2D eigenvalue weighted by Gasteiger charge is -2.20. The van der Waals surface area contributed by atoms with Gasteiger partial charge in [-0.25, -0.2) is 12.7 Å². The van der Waals surface area contributed by atoms with Crippen molar-refractivity contribution in [2.75, 3.05) is 25.4 Å². The van der Waals surface area contributed by atoms with Crippen LogP contribution in [0.15, 0.2) is 0 Å². The quantitative estimate of drug-likeness (QED) is 0.796. The van der Waals surface area contributed by atoms with E-state index < -0.39 is 10.0 Å². The van der Waals surface area contributed by atoms with E-state index in [1.165, 1.54) is 0 Å². The molecular formula is C12H22N2O3S. The lowest BCUT2D eigenvalue weighted by Crippen LogP contribution is -2.37. The highest BCUT2D eigenvalue weighted by molar-refractivity contribution is 7.89. The molecule has 1 saturated carbocycles. The second kappa shape index (κ2) is 4.74. The fourth-order valence-corrected chi connectivity index (χ4v) is 5.37. The highest BCUT2D eigenvalue weighted by Crippen LogP contribution is 2.38. The highest BCUT2D eigenvalue weighted by Gasteiger charge is 2.45. The summed E-state index contributed by atoms with van der Waals surface area (Å²) in [5.74, 6) is 1.02. The molecule has 3 rings (SSSR count). The van der Waals surface area contributed by atoms with Crippen LogP contribution >= 0.6 is 0 Å². The first-order valence-corrected chi connectivity index (χ1v) is 8.52. The first-order chi connectivity index (χ1) is 8.56. The Morgan fingerprint density at radius 3 is 2.72 bits per heavy atom. The lowest BCUT2D eigenvalue weighted by molar-refractivity contribution is 0.126. The molecule has 4 unspecified atom stereocenters. The van der Waals surface area contributed by atoms with Crippen LogP contribution in [0, 0.1) is 11.8 Å². The van der Waals surface area contributed by atoms with E-state index in [1.54, 1.807) is 4.31 Å². The molecule has 0 aromatic rings. The number of fused-ring (bicyclic) bond motifs is 1. The Hall–Kier alpha value is -0.170. The molecule has 0 aromatic heterocycles. The molecule has 2 heterocycles. The maximum Gasteiger partial charge on any atom is 0.216 e. The molecule has 104 valence electrons. The molecule has 2 saturated heterocycles. The molecule has 4 atom stereocenters. The van der Waals surface area contributed by atoms with E-state index in [0.717, 1.165) is 25.7 Å². The van der Waals surface area contributed by atoms with Crippen LogP contribution in [0.4, 0.5) is 0 Å². The molecule has 2 N–H and O–H groups in total. The molecule has 0 aromatic carbocycles. The van der Waals surface area contributed by atoms with Crippen molar-refractivity contribution >= 4 is 10.0 Å². The Morgan fingerprint density at radius 2 is 2.06 bits per heavy atom. The molecule has 2 aliphatic heterocycles. The minimum Gasteiger partial charge on any atom is -0.377 e. The summed E-state index contributed by atoms with van der Waals surface area (Å²) in [5.41, 5.74) is 6.04. The molecule has 3 fully saturated rings. The molecule has 18 heavy (non-hydrogen) atoms. The summed E-state index contributed by atoms with van der Waals surface area (Å²) in [6, 6.07) is 0.193. The van der Waals surface area contributed by atoms with Gasteiger partial charge in [0.05, 0.1) is 11.9 Å². The third-order valence-electron chi connectivity index (χ3n) is 4.69. The van der Waals surface area contributed by atoms with Gasteiger partial charge in [-0.15, -0.1) is 0 Å². The summed E-state index contributed by atoms with van der Waals surface area (Å²) < 4.78 is 31.8. The Kier molecular flexibility index (Phi) is 3.38. The van der Waals surface area contributed by atoms with Gasteiger partial charge >= 0.3 is 0 Å². The van der Waals surface area contributed by atoms with Crippen LogP contribution in [-0.2, 0) is 14.8 Å². The molecular weight excluding hydrogens is 252 g/mol. The van der Waals surface area contributed by atoms with Gasteiger partial charge in [0, 0.05) is 25.7 Å². The van der Waals surface area contributed by atoms with Crippen LogP contribution in [-0.4, -0.2) is 50.3 Å². The maximum atomic E-state index is 12.3. The lowest BCUT2D eigenvalue weighted by atomic mass is 9.98. The van der Waals surface area contributed by atoms with Crippen molar-refractivity contribution < 1.29 is 13.2 Å². The average molecular weight is 274 g/mol. The maximum absolute atomic E-state index is 12.3. The smallest absolute Gasteiger partial charge is 0.216 e. The van der Waals surface area contributed by atoms with Crippen LogP contribution in [0.3, 0.4) is 0 Å². The molecule has 0 spiro atoms. The highest BCUT2D eigenvalue weighted by atomic mass is 32.2. The molecule has 5 nitrogen and oxygen atoms in total. The van der Waals surface area contributed by atoms with Crippen molar-refractivity contribution in [1.29, 1.82) is 0 Å². The average Bonchev–Trinajstić information content (AvgIpc) is 2.97. The number of sulfonamides is 1. The number of ether oxygens (including phenoxy) is 1. The Morgan fingerprint density at radius 1 is 1.22 bits per heavy atom. The van der Waals surface area contributed by atoms with E-state index in [2.05, 4.69) is 0 Å². The predicted molar refractivity (Wildman–Crippen MR) is 68.5 cm³/mol. The summed E-state index contributed by atoms with van der Waals surface area (Å²) in [6.07, 6.45) is 3.90. The van der Waals surface area contributed by atoms with E-state index in [1.807, 2.05) is 0 Å². The van der Waals surface area contributed by atoms with Gasteiger partial charge in [0.1, 0.15) is 0 Å². The van der Waals surface area contributed by atoms with Crippen LogP contribution in [0.2, 0.25) is 0 Å². The van der Waals surface area contributed by atoms with Crippen molar-refractivity contribution in [2.24, 2.45) is 17.6 Å². The van der Waals surface area contributed by atoms with Gasteiger partial charge in [-0.3, -0.25) is 0 Å². The minimum atomic E-state index is -3.16. The summed E-state index contributed by atoms with van der Waals surface area (Å²) >= 11 is 0. The molecule has 0 bridgehead atoms. The second-order valence-corrected chi connectivity index (χ2v) is 7.91. The Labute approximate surface area is 109 Å². The van der Waals surface area contributed by atoms with Crippen molar-refractivity contribution in [3.63, 3.8) is 0 Å². The third kappa shape index (κ3) is 2.31. The molecule has 0 radical (unpaired) electrons. The molecule has 3 aliphatic rings. The van der Waals surface area contributed by atoms with Gasteiger partial charge in [-0.2, -0.15) is 0 Å². The van der Waals surface area contributed by atoms with Crippen LogP contribution in [0.5, 0.6) is 0 Å². The number of nitrogens with two attached hydrogens (primary N) is 1. The molecule has 0 amide bonds. The largest absolute Gasteiger partial charge is 0.377 e. The topological polar surface area (TPSA) is 72.6 Å². The van der Waals surface area contributed by atoms with Gasteiger partial charge in [0.25, 0.3) is 0 Å². The molecule has 1 aliphatic carbocycles. The number of hydrogen-bond donors (Lipinski definition) is 1. The third-order valence-corrected chi connectivity index (χ3v) is 6.57. The summed E-state index contributed by atoms with van der Waals surface area (Å²) in [7, 11) is -3.16. The van der Waals surface area contributed by atoms with Crippen LogP contribution in [0.25, 0.3) is 0 Å². The van der Waals surface area contributed by atoms with Gasteiger partial charge in [-0.1, -0.05) is 0 Å². The van der Waals surface area contributed by atoms with Crippen molar-refractivity contribution in [3.05, 3.63) is 0 Å². The normalized spacial score (nSPS) is 41.4. The molecule has 6 heteroatoms. The van der Waals surface area contributed by atoms with E-state index in [0.29, 0.717) is 31.5 Å². The minimum absolute atomic E-state index is 0.0934. The Balaban J connectivity index is 1.64. The number of hydrogen-bond acceptors (Lipinski definition) is 4. The summed E-state index contributed by atoms with van der Waals surface area (Å²) in [4.78, 5) is 0. The van der Waals surface area contributed by atoms with E-state index in [9.17, 15) is 8.42 Å². The van der Waals surface area contributed by atoms with E-state index >= 15 is 0 Å². The first-order valence-electron chi connectivity index (χ1n) is 6.91. The van der Waals surface area contributed by atoms with E-state index in [4.69, 9.17) is 10.5 Å². The Bertz CT molecular complexity index is 406. The zero-order chi connectivity index (χ0) is 12.8. The zero-order valence-corrected chi connectivity index (χ0v) is 11.4. The first kappa shape index (κ1) is 12.8. The van der Waals surface area contributed by atoms with Gasteiger partial charge < -0.3 is 10.5 Å². The van der Waals surface area contributed by atoms with Crippen LogP contribution in [0.1, 0.15) is 25.7 Å². The van der Waals surface area contributed by atoms with Crippen molar-refractivity contribution in [2.45, 2.75) is 37.8 Å². The standard InChI is InChI=1S/C12H22N2O3S/c13-12-4-3-9-6-14(7-11(9)12)18(15,16)8-10-2-1-5-17-10/h9-12H,1-8,13H2. The second-order valence-electron chi connectivity index (χ2n) is 5.90. The van der Waals surface area contributed by atoms with E-state index in [-0.39, 0.29) is 17.9 Å². The van der Waals surface area contributed by atoms with Crippen molar-refractivity contribution in [1.82, 2.24) is 4.31 Å². The number of rotatable bonds is 3. The summed E-state index contributed by atoms with van der Waals surface area (Å²) in [6.45, 7) is 2.00. The number of nitrogens with zero attached hydrogens (tertiary/aromatic N) is 1. The van der Waals surface area contributed by atoms with Gasteiger partial charge in [-0.05, 0) is 37.5 Å². The fraction of sp³-hybridized carbons (Fsp3) is 1.00. The predicted octanol–water partition coefficient (Wildman–Crippen LogP) is 0.164. The SMILES string of the molecule is NC1CCC2CN(S(=O)(=O)CC3CCCO3)CC12. The van der Waals surface area contributed by atoms with Gasteiger partial charge in [0.2, 0.25) is 10.0 Å². The van der Waals surface area contributed by atoms with Crippen LogP contribution < -0.4 is 5.73 Å². The summed E-state index contributed by atoms with van der Waals surface area (Å²) in [5, 5.41) is 0. The zero-order valence-electron chi connectivity index (χ0n) is 10.6. The van der Waals surface area contributed by atoms with Crippen molar-refractivity contribution in [3.8, 4) is 0 Å².